The van der Waals surface area contributed by atoms with Crippen molar-refractivity contribution in [1.82, 2.24) is 42.1 Å². The van der Waals surface area contributed by atoms with E-state index in [4.69, 9.17) is 45.9 Å². The molecule has 0 aromatic heterocycles. The third-order valence-electron chi connectivity index (χ3n) is 20.1. The van der Waals surface area contributed by atoms with E-state index in [2.05, 4.69) is 56.0 Å². The van der Waals surface area contributed by atoms with E-state index < -0.39 is 60.0 Å². The lowest BCUT2D eigenvalue weighted by molar-refractivity contribution is -0.132. The molecule has 23 heteroatoms. The van der Waals surface area contributed by atoms with Crippen molar-refractivity contribution in [2.24, 2.45) is 45.9 Å². The highest BCUT2D eigenvalue weighted by molar-refractivity contribution is 5.93. The predicted octanol–water partition coefficient (Wildman–Crippen LogP) is 10.1. The van der Waals surface area contributed by atoms with Gasteiger partial charge in [0.1, 0.15) is 18.1 Å². The Morgan fingerprint density at radius 1 is 0.233 bits per heavy atom. The van der Waals surface area contributed by atoms with Gasteiger partial charge in [-0.1, -0.05) is 226 Å². The fourth-order valence-electron chi connectivity index (χ4n) is 13.2. The predicted molar refractivity (Wildman–Crippen MR) is 428 cm³/mol. The molecule has 0 spiro atoms. The summed E-state index contributed by atoms with van der Waals surface area (Å²) >= 11 is 0. The Kier molecular flexibility index (Phi) is 70.5. The van der Waals surface area contributed by atoms with Crippen LogP contribution in [0.4, 0.5) is 0 Å². The Hall–Kier alpha value is -4.07. The first-order chi connectivity index (χ1) is 50.1. The molecule has 0 radical (unpaired) electrons. The minimum absolute atomic E-state index is 0.217. The van der Waals surface area contributed by atoms with Crippen LogP contribution in [0.15, 0.2) is 0 Å². The fraction of sp³-hybridized carbons (Fsp3) is 0.912. The van der Waals surface area contributed by atoms with E-state index in [0.29, 0.717) is 142 Å². The first-order valence-electron chi connectivity index (χ1n) is 42.7. The van der Waals surface area contributed by atoms with Crippen LogP contribution in [0.2, 0.25) is 0 Å². The number of unbranched alkanes of at least 4 members (excludes halogenated alkanes) is 36. The summed E-state index contributed by atoms with van der Waals surface area (Å²) < 4.78 is 0. The van der Waals surface area contributed by atoms with Gasteiger partial charge in [-0.2, -0.15) is 0 Å². The summed E-state index contributed by atoms with van der Waals surface area (Å²) in [6, 6.07) is -5.89. The number of hydrogen-bond donors (Lipinski definition) is 15. The molecule has 0 aromatic rings. The van der Waals surface area contributed by atoms with Gasteiger partial charge in [0.05, 0.1) is 24.2 Å². The number of nitrogens with zero attached hydrogens (tertiary/aromatic N) is 1. The van der Waals surface area contributed by atoms with Gasteiger partial charge in [-0.05, 0) is 174 Å². The zero-order valence-electron chi connectivity index (χ0n) is 66.2. The van der Waals surface area contributed by atoms with Gasteiger partial charge in [0.15, 0.2) is 0 Å². The summed E-state index contributed by atoms with van der Waals surface area (Å²) in [5.41, 5.74) is 47.5. The monoisotopic (exact) mass is 1460 g/mol. The summed E-state index contributed by atoms with van der Waals surface area (Å²) in [6.07, 6.45) is 53.2. The lowest BCUT2D eigenvalue weighted by atomic mass is 10.0. The van der Waals surface area contributed by atoms with Gasteiger partial charge < -0.3 is 88.0 Å². The summed E-state index contributed by atoms with van der Waals surface area (Å²) in [6.45, 7) is 10.8. The van der Waals surface area contributed by atoms with Crippen LogP contribution in [0.1, 0.15) is 354 Å². The summed E-state index contributed by atoms with van der Waals surface area (Å²) in [4.78, 5) is 97.9. The van der Waals surface area contributed by atoms with Crippen LogP contribution < -0.4 is 83.1 Å². The van der Waals surface area contributed by atoms with E-state index in [1.54, 1.807) is 0 Å². The molecule has 7 unspecified atom stereocenters. The van der Waals surface area contributed by atoms with E-state index in [1.165, 1.54) is 186 Å². The highest BCUT2D eigenvalue weighted by atomic mass is 16.2. The van der Waals surface area contributed by atoms with Crippen LogP contribution in [0.5, 0.6) is 0 Å². The second-order valence-corrected chi connectivity index (χ2v) is 29.8. The van der Waals surface area contributed by atoms with Crippen molar-refractivity contribution in [2.75, 3.05) is 72.0 Å². The zero-order valence-corrected chi connectivity index (χ0v) is 66.2. The highest BCUT2D eigenvalue weighted by Crippen LogP contribution is 2.18. The maximum Gasteiger partial charge on any atom is 0.243 e. The topological polar surface area (TPSA) is 415 Å². The fourth-order valence-corrected chi connectivity index (χ4v) is 13.2. The second kappa shape index (κ2) is 73.4. The molecule has 0 aliphatic carbocycles. The van der Waals surface area contributed by atoms with Crippen molar-refractivity contribution in [2.45, 2.75) is 396 Å². The van der Waals surface area contributed by atoms with Crippen LogP contribution in [0.3, 0.4) is 0 Å². The second-order valence-electron chi connectivity index (χ2n) is 29.8. The minimum atomic E-state index is -1.03. The third-order valence-corrected chi connectivity index (χ3v) is 20.1. The molecule has 0 rings (SSSR count). The first-order valence-corrected chi connectivity index (χ1v) is 42.7. The van der Waals surface area contributed by atoms with Gasteiger partial charge in [-0.3, -0.25) is 33.6 Å². The van der Waals surface area contributed by atoms with Crippen molar-refractivity contribution in [3.8, 4) is 0 Å². The normalized spacial score (nSPS) is 13.6. The molecule has 0 fully saturated rings. The van der Waals surface area contributed by atoms with Gasteiger partial charge in [-0.15, -0.1) is 0 Å². The smallest absolute Gasteiger partial charge is 0.243 e. The molecule has 0 aliphatic heterocycles. The summed E-state index contributed by atoms with van der Waals surface area (Å²) in [5.74, 6) is -2.67. The number of hydrogen-bond acceptors (Lipinski definition) is 16. The van der Waals surface area contributed by atoms with E-state index in [1.807, 2.05) is 0 Å². The molecule has 7 amide bonds. The van der Waals surface area contributed by atoms with Gasteiger partial charge in [0.2, 0.25) is 41.4 Å². The van der Waals surface area contributed by atoms with Crippen molar-refractivity contribution in [1.29, 1.82) is 0 Å². The number of carbonyl (C=O) groups is 7. The Balaban J connectivity index is 6.34. The summed E-state index contributed by atoms with van der Waals surface area (Å²) in [5, 5.41) is 20.7. The standard InChI is InChI=1S/C80H164N16O7/c1-3-5-7-9-11-13-15-17-19-21-23-25-27-29-31-47-65-96(64-46-30-28-26-24-22-20-18-16-14-12-10-8-6-4-2)66-48-63-92-79(102)72(95-80(103)73(94-77(100)70(88)52-35-42-59-84)55-38-44-61-90-75(98)68(86)50-33-40-57-82)54-37-45-62-91-78(101)71(93-76(99)69(87)51-34-41-58-83)53-36-43-60-89-74(97)67(85)49-32-39-56-81/h67-73H,3-66,81-88H2,1-2H3,(H,89,97)(H,90,98)(H,91,101)(H,92,102)(H,93,99)(H,94,100)(H,95,103). The number of carbonyl (C=O) groups excluding carboxylic acids is 7. The molecule has 606 valence electrons. The molecule has 0 heterocycles. The lowest BCUT2D eigenvalue weighted by Gasteiger charge is -2.25. The lowest BCUT2D eigenvalue weighted by Crippen LogP contribution is -2.55. The van der Waals surface area contributed by atoms with E-state index in [0.717, 1.165) is 64.6 Å². The SMILES string of the molecule is CCCCCCCCCCCCCCCCCCN(CCCCCCCCCCCCCCCCC)CCCNC(=O)C(CCCCNC(=O)C(CCCCNC(=O)C(N)CCCCN)NC(=O)C(N)CCCCN)NC(=O)C(CCCCNC(=O)C(N)CCCCN)NC(=O)C(N)CCCCN. The molecule has 0 aromatic carbocycles. The number of rotatable bonds is 78. The molecular formula is C80H164N16O7. The minimum Gasteiger partial charge on any atom is -0.355 e. The maximum atomic E-state index is 14.6. The largest absolute Gasteiger partial charge is 0.355 e. The van der Waals surface area contributed by atoms with Gasteiger partial charge in [0, 0.05) is 26.2 Å². The molecule has 23 nitrogen and oxygen atoms in total. The quantitative estimate of drug-likeness (QED) is 0.0252. The van der Waals surface area contributed by atoms with E-state index >= 15 is 0 Å². The Labute approximate surface area is 628 Å². The van der Waals surface area contributed by atoms with Gasteiger partial charge in [-0.25, -0.2) is 0 Å². The van der Waals surface area contributed by atoms with Crippen molar-refractivity contribution < 1.29 is 33.6 Å². The van der Waals surface area contributed by atoms with E-state index in [-0.39, 0.29) is 43.0 Å². The number of amides is 7. The molecule has 23 N–H and O–H groups in total. The van der Waals surface area contributed by atoms with Crippen LogP contribution >= 0.6 is 0 Å². The summed E-state index contributed by atoms with van der Waals surface area (Å²) in [7, 11) is 0. The average Bonchev–Trinajstić information content (AvgIpc) is 0.905. The Morgan fingerprint density at radius 2 is 0.447 bits per heavy atom. The van der Waals surface area contributed by atoms with Gasteiger partial charge >= 0.3 is 0 Å². The molecule has 7 atom stereocenters. The van der Waals surface area contributed by atoms with Crippen LogP contribution in [-0.2, 0) is 33.6 Å². The highest BCUT2D eigenvalue weighted by Gasteiger charge is 2.29. The Morgan fingerprint density at radius 3 is 0.728 bits per heavy atom. The first kappa shape index (κ1) is 98.9. The number of nitrogens with two attached hydrogens (primary N) is 8. The molecule has 0 aliphatic rings. The number of nitrogens with one attached hydrogen (secondary N) is 7. The molecule has 0 saturated heterocycles. The zero-order chi connectivity index (χ0) is 75.9. The van der Waals surface area contributed by atoms with Crippen molar-refractivity contribution >= 4 is 41.4 Å². The van der Waals surface area contributed by atoms with Crippen LogP contribution in [0.25, 0.3) is 0 Å². The van der Waals surface area contributed by atoms with Crippen molar-refractivity contribution in [3.05, 3.63) is 0 Å². The van der Waals surface area contributed by atoms with Crippen LogP contribution in [-0.4, -0.2) is 161 Å². The average molecular weight is 1460 g/mol. The van der Waals surface area contributed by atoms with E-state index in [9.17, 15) is 33.6 Å². The molecule has 0 saturated carbocycles. The molecule has 103 heavy (non-hydrogen) atoms. The molecule has 0 bridgehead atoms. The maximum absolute atomic E-state index is 14.6. The van der Waals surface area contributed by atoms with Gasteiger partial charge in [0.25, 0.3) is 0 Å². The van der Waals surface area contributed by atoms with Crippen LogP contribution in [0, 0.1) is 0 Å². The Bertz CT molecular complexity index is 2020. The third kappa shape index (κ3) is 60.6. The molecular weight excluding hydrogens is 1300 g/mol. The van der Waals surface area contributed by atoms with Crippen molar-refractivity contribution in [3.63, 3.8) is 0 Å².